The maximum atomic E-state index is 13.4. The first-order valence-electron chi connectivity index (χ1n) is 9.94. The molecule has 0 unspecified atom stereocenters. The molecule has 5 rings (SSSR count). The topological polar surface area (TPSA) is 85.1 Å². The van der Waals surface area contributed by atoms with Crippen molar-refractivity contribution in [3.05, 3.63) is 60.0 Å². The zero-order chi connectivity index (χ0) is 20.9. The Hall–Kier alpha value is -3.13. The minimum Gasteiger partial charge on any atom is -0.497 e. The Labute approximate surface area is 174 Å². The summed E-state index contributed by atoms with van der Waals surface area (Å²) in [7, 11) is 3.33. The van der Waals surface area contributed by atoms with Gasteiger partial charge in [-0.15, -0.1) is 0 Å². The number of carbonyl (C=O) groups excluding carboxylic acids is 2. The molecule has 8 nitrogen and oxygen atoms in total. The molecule has 1 aromatic carbocycles. The third kappa shape index (κ3) is 2.90. The number of benzene rings is 1. The van der Waals surface area contributed by atoms with Crippen molar-refractivity contribution in [2.45, 2.75) is 24.8 Å². The van der Waals surface area contributed by atoms with E-state index in [0.717, 1.165) is 11.3 Å². The SMILES string of the molecule is COc1cccc(CN2C[C@]34C=C[C@H](O3)[C@@H](C(=O)N(C)Cc3ccno3)[C@@H]4C2=O)c1. The summed E-state index contributed by atoms with van der Waals surface area (Å²) in [6, 6.07) is 9.37. The lowest BCUT2D eigenvalue weighted by Crippen LogP contribution is -2.44. The third-order valence-electron chi connectivity index (χ3n) is 6.23. The number of methoxy groups -OCH3 is 1. The minimum absolute atomic E-state index is 0.0453. The zero-order valence-electron chi connectivity index (χ0n) is 16.9. The molecule has 3 aliphatic heterocycles. The Kier molecular flexibility index (Phi) is 4.39. The first-order chi connectivity index (χ1) is 14.5. The third-order valence-corrected chi connectivity index (χ3v) is 6.23. The van der Waals surface area contributed by atoms with Gasteiger partial charge in [0.2, 0.25) is 11.8 Å². The van der Waals surface area contributed by atoms with Crippen molar-refractivity contribution in [2.75, 3.05) is 20.7 Å². The normalized spacial score (nSPS) is 28.8. The van der Waals surface area contributed by atoms with Gasteiger partial charge in [-0.1, -0.05) is 29.4 Å². The molecule has 8 heteroatoms. The summed E-state index contributed by atoms with van der Waals surface area (Å²) in [5, 5.41) is 3.68. The van der Waals surface area contributed by atoms with Gasteiger partial charge in [0.15, 0.2) is 5.76 Å². The van der Waals surface area contributed by atoms with Crippen molar-refractivity contribution in [1.29, 1.82) is 0 Å². The number of carbonyl (C=O) groups is 2. The van der Waals surface area contributed by atoms with Crippen LogP contribution >= 0.6 is 0 Å². The highest BCUT2D eigenvalue weighted by molar-refractivity contribution is 5.93. The van der Waals surface area contributed by atoms with Gasteiger partial charge in [-0.05, 0) is 17.7 Å². The highest BCUT2D eigenvalue weighted by atomic mass is 16.5. The zero-order valence-corrected chi connectivity index (χ0v) is 16.9. The lowest BCUT2D eigenvalue weighted by Gasteiger charge is -2.27. The molecular weight excluding hydrogens is 386 g/mol. The van der Waals surface area contributed by atoms with Gasteiger partial charge in [-0.3, -0.25) is 9.59 Å². The first-order valence-corrected chi connectivity index (χ1v) is 9.94. The summed E-state index contributed by atoms with van der Waals surface area (Å²) in [5.41, 5.74) is 0.247. The molecule has 2 bridgehead atoms. The van der Waals surface area contributed by atoms with Gasteiger partial charge >= 0.3 is 0 Å². The number of rotatable bonds is 6. The summed E-state index contributed by atoms with van der Waals surface area (Å²) in [6.07, 6.45) is 5.06. The fraction of sp³-hybridized carbons (Fsp3) is 0.409. The second-order valence-electron chi connectivity index (χ2n) is 8.12. The lowest BCUT2D eigenvalue weighted by molar-refractivity contribution is -0.143. The number of nitrogens with zero attached hydrogens (tertiary/aromatic N) is 3. The van der Waals surface area contributed by atoms with E-state index in [9.17, 15) is 9.59 Å². The monoisotopic (exact) mass is 409 g/mol. The van der Waals surface area contributed by atoms with E-state index < -0.39 is 17.4 Å². The fourth-order valence-electron chi connectivity index (χ4n) is 4.88. The van der Waals surface area contributed by atoms with E-state index >= 15 is 0 Å². The van der Waals surface area contributed by atoms with Crippen LogP contribution in [0.2, 0.25) is 0 Å². The van der Waals surface area contributed by atoms with E-state index in [-0.39, 0.29) is 17.9 Å². The first kappa shape index (κ1) is 18.9. The fourth-order valence-corrected chi connectivity index (χ4v) is 4.88. The number of amides is 2. The van der Waals surface area contributed by atoms with Crippen molar-refractivity contribution < 1.29 is 23.6 Å². The van der Waals surface area contributed by atoms with Crippen molar-refractivity contribution >= 4 is 11.8 Å². The molecule has 4 atom stereocenters. The Morgan fingerprint density at radius 3 is 3.03 bits per heavy atom. The minimum atomic E-state index is -0.728. The summed E-state index contributed by atoms with van der Waals surface area (Å²) in [4.78, 5) is 30.0. The second kappa shape index (κ2) is 6.98. The van der Waals surface area contributed by atoms with Crippen LogP contribution in [0.15, 0.2) is 53.2 Å². The molecule has 3 aliphatic rings. The van der Waals surface area contributed by atoms with Crippen molar-refractivity contribution in [2.24, 2.45) is 11.8 Å². The van der Waals surface area contributed by atoms with Crippen LogP contribution in [-0.2, 0) is 27.4 Å². The number of likely N-dealkylation sites (tertiary alicyclic amines) is 1. The Balaban J connectivity index is 1.36. The van der Waals surface area contributed by atoms with Crippen LogP contribution in [0.4, 0.5) is 0 Å². The molecule has 156 valence electrons. The molecule has 0 aliphatic carbocycles. The van der Waals surface area contributed by atoms with Crippen LogP contribution in [0.5, 0.6) is 5.75 Å². The smallest absolute Gasteiger partial charge is 0.230 e. The molecule has 0 radical (unpaired) electrons. The van der Waals surface area contributed by atoms with E-state index in [2.05, 4.69) is 5.16 Å². The average Bonchev–Trinajstić information content (AvgIpc) is 3.51. The van der Waals surface area contributed by atoms with Gasteiger partial charge in [0, 0.05) is 19.7 Å². The number of aromatic nitrogens is 1. The molecule has 2 aromatic rings. The van der Waals surface area contributed by atoms with Crippen LogP contribution in [-0.4, -0.2) is 59.2 Å². The number of fused-ring (bicyclic) bond motifs is 1. The van der Waals surface area contributed by atoms with Crippen molar-refractivity contribution in [1.82, 2.24) is 15.0 Å². The van der Waals surface area contributed by atoms with Gasteiger partial charge in [-0.25, -0.2) is 0 Å². The highest BCUT2D eigenvalue weighted by Gasteiger charge is 2.67. The summed E-state index contributed by atoms with van der Waals surface area (Å²) < 4.78 is 16.6. The molecule has 0 N–H and O–H groups in total. The van der Waals surface area contributed by atoms with Crippen molar-refractivity contribution in [3.8, 4) is 5.75 Å². The van der Waals surface area contributed by atoms with Gasteiger partial charge in [0.25, 0.3) is 0 Å². The highest BCUT2D eigenvalue weighted by Crippen LogP contribution is 2.52. The largest absolute Gasteiger partial charge is 0.497 e. The van der Waals surface area contributed by atoms with Gasteiger partial charge < -0.3 is 23.8 Å². The van der Waals surface area contributed by atoms with Gasteiger partial charge in [-0.2, -0.15) is 0 Å². The van der Waals surface area contributed by atoms with Crippen LogP contribution < -0.4 is 4.74 Å². The number of ether oxygens (including phenoxy) is 2. The van der Waals surface area contributed by atoms with Gasteiger partial charge in [0.05, 0.1) is 44.3 Å². The van der Waals surface area contributed by atoms with E-state index in [1.54, 1.807) is 36.2 Å². The van der Waals surface area contributed by atoms with E-state index in [1.807, 2.05) is 36.4 Å². The maximum Gasteiger partial charge on any atom is 0.230 e. The molecule has 0 saturated carbocycles. The molecule has 2 amide bonds. The second-order valence-corrected chi connectivity index (χ2v) is 8.12. The Bertz CT molecular complexity index is 1000. The number of hydrogen-bond donors (Lipinski definition) is 0. The van der Waals surface area contributed by atoms with Crippen LogP contribution in [0.1, 0.15) is 11.3 Å². The van der Waals surface area contributed by atoms with Crippen LogP contribution in [0.25, 0.3) is 0 Å². The maximum absolute atomic E-state index is 13.4. The van der Waals surface area contributed by atoms with Crippen molar-refractivity contribution in [3.63, 3.8) is 0 Å². The molecule has 2 saturated heterocycles. The van der Waals surface area contributed by atoms with E-state index in [1.165, 1.54) is 0 Å². The number of hydrogen-bond acceptors (Lipinski definition) is 6. The molecule has 4 heterocycles. The molecule has 1 spiro atoms. The van der Waals surface area contributed by atoms with E-state index in [0.29, 0.717) is 25.4 Å². The molecule has 2 fully saturated rings. The molecule has 30 heavy (non-hydrogen) atoms. The van der Waals surface area contributed by atoms with Crippen LogP contribution in [0, 0.1) is 11.8 Å². The summed E-state index contributed by atoms with van der Waals surface area (Å²) >= 11 is 0. The Morgan fingerprint density at radius 2 is 2.27 bits per heavy atom. The van der Waals surface area contributed by atoms with Gasteiger partial charge in [0.1, 0.15) is 11.4 Å². The molecular formula is C22H23N3O5. The standard InChI is InChI=1S/C22H23N3O5/c1-24(12-16-7-9-23-30-16)20(26)18-17-6-8-22(29-17)13-25(21(27)19(18)22)11-14-4-3-5-15(10-14)28-2/h3-10,17-19H,11-13H2,1-2H3/t17-,18+,19+,22-/m0/s1. The molecule has 1 aromatic heterocycles. The van der Waals surface area contributed by atoms with Crippen LogP contribution in [0.3, 0.4) is 0 Å². The summed E-state index contributed by atoms with van der Waals surface area (Å²) in [6.45, 7) is 1.19. The predicted molar refractivity (Wildman–Crippen MR) is 105 cm³/mol. The lowest BCUT2D eigenvalue weighted by atomic mass is 9.76. The summed E-state index contributed by atoms with van der Waals surface area (Å²) in [5.74, 6) is 0.128. The van der Waals surface area contributed by atoms with E-state index in [4.69, 9.17) is 14.0 Å². The quantitative estimate of drug-likeness (QED) is 0.674. The predicted octanol–water partition coefficient (Wildman–Crippen LogP) is 1.62. The average molecular weight is 409 g/mol. The Morgan fingerprint density at radius 1 is 1.40 bits per heavy atom.